The average Bonchev–Trinajstić information content (AvgIpc) is 2.67. The first-order valence-electron chi connectivity index (χ1n) is 4.71. The van der Waals surface area contributed by atoms with E-state index in [0.29, 0.717) is 18.0 Å². The summed E-state index contributed by atoms with van der Waals surface area (Å²) in [6, 6.07) is 9.39. The smallest absolute Gasteiger partial charge is 0.138 e. The third-order valence-electron chi connectivity index (χ3n) is 2.07. The van der Waals surface area contributed by atoms with E-state index in [1.54, 1.807) is 0 Å². The highest BCUT2D eigenvalue weighted by molar-refractivity contribution is 6.30. The fraction of sp³-hybridized carbons (Fsp3) is 0.182. The van der Waals surface area contributed by atoms with Gasteiger partial charge >= 0.3 is 0 Å². The van der Waals surface area contributed by atoms with Gasteiger partial charge in [-0.3, -0.25) is 0 Å². The van der Waals surface area contributed by atoms with Crippen LogP contribution in [0, 0.1) is 0 Å². The molecular weight excluding hydrogens is 212 g/mol. The maximum Gasteiger partial charge on any atom is 0.138 e. The van der Waals surface area contributed by atoms with Crippen LogP contribution in [0.1, 0.15) is 5.76 Å². The fourth-order valence-corrected chi connectivity index (χ4v) is 1.55. The Hall–Kier alpha value is -1.32. The predicted octanol–water partition coefficient (Wildman–Crippen LogP) is 2.50. The maximum atomic E-state index is 5.88. The van der Waals surface area contributed by atoms with E-state index in [2.05, 4.69) is 5.16 Å². The van der Waals surface area contributed by atoms with Crippen molar-refractivity contribution < 1.29 is 4.52 Å². The molecule has 1 aromatic heterocycles. The molecule has 0 amide bonds. The lowest BCUT2D eigenvalue weighted by Crippen LogP contribution is -2.01. The summed E-state index contributed by atoms with van der Waals surface area (Å²) < 4.78 is 5.13. The van der Waals surface area contributed by atoms with E-state index in [0.717, 1.165) is 17.0 Å². The number of halogens is 1. The van der Waals surface area contributed by atoms with E-state index in [9.17, 15) is 0 Å². The van der Waals surface area contributed by atoms with Crippen LogP contribution in [-0.2, 0) is 6.42 Å². The van der Waals surface area contributed by atoms with Crippen LogP contribution in [0.25, 0.3) is 11.3 Å². The predicted molar refractivity (Wildman–Crippen MR) is 59.7 cm³/mol. The molecule has 0 atom stereocenters. The topological polar surface area (TPSA) is 52.0 Å². The summed E-state index contributed by atoms with van der Waals surface area (Å²) in [4.78, 5) is 0. The van der Waals surface area contributed by atoms with E-state index in [-0.39, 0.29) is 0 Å². The maximum absolute atomic E-state index is 5.88. The molecule has 0 aliphatic rings. The molecular formula is C11H11ClN2O. The van der Waals surface area contributed by atoms with Crippen molar-refractivity contribution in [3.8, 4) is 11.3 Å². The second kappa shape index (κ2) is 4.47. The Balaban J connectivity index is 2.29. The molecule has 0 saturated carbocycles. The Kier molecular flexibility index (Phi) is 3.04. The van der Waals surface area contributed by atoms with Crippen molar-refractivity contribution in [1.29, 1.82) is 0 Å². The lowest BCUT2D eigenvalue weighted by Gasteiger charge is -1.94. The first kappa shape index (κ1) is 10.2. The van der Waals surface area contributed by atoms with Gasteiger partial charge in [0.2, 0.25) is 0 Å². The van der Waals surface area contributed by atoms with E-state index >= 15 is 0 Å². The highest BCUT2D eigenvalue weighted by Gasteiger charge is 2.05. The molecule has 2 N–H and O–H groups in total. The third-order valence-corrected chi connectivity index (χ3v) is 2.31. The molecule has 78 valence electrons. The van der Waals surface area contributed by atoms with Crippen molar-refractivity contribution in [1.82, 2.24) is 5.16 Å². The van der Waals surface area contributed by atoms with Crippen molar-refractivity contribution in [2.24, 2.45) is 5.73 Å². The van der Waals surface area contributed by atoms with Gasteiger partial charge in [0.25, 0.3) is 0 Å². The van der Waals surface area contributed by atoms with E-state index < -0.39 is 0 Å². The summed E-state index contributed by atoms with van der Waals surface area (Å²) in [6.45, 7) is 0.560. The van der Waals surface area contributed by atoms with Gasteiger partial charge in [-0.2, -0.15) is 0 Å². The molecule has 2 aromatic rings. The molecule has 4 heteroatoms. The van der Waals surface area contributed by atoms with Crippen LogP contribution in [0.4, 0.5) is 0 Å². The highest BCUT2D eigenvalue weighted by Crippen LogP contribution is 2.22. The Labute approximate surface area is 92.8 Å². The summed E-state index contributed by atoms with van der Waals surface area (Å²) in [5.41, 5.74) is 7.17. The number of nitrogens with zero attached hydrogens (tertiary/aromatic N) is 1. The van der Waals surface area contributed by atoms with Gasteiger partial charge in [-0.25, -0.2) is 0 Å². The van der Waals surface area contributed by atoms with Crippen LogP contribution in [0.15, 0.2) is 34.9 Å². The monoisotopic (exact) mass is 222 g/mol. The Morgan fingerprint density at radius 1 is 1.33 bits per heavy atom. The summed E-state index contributed by atoms with van der Waals surface area (Å²) in [5.74, 6) is 0.799. The average molecular weight is 223 g/mol. The second-order valence-corrected chi connectivity index (χ2v) is 3.66. The zero-order valence-corrected chi connectivity index (χ0v) is 8.87. The molecule has 15 heavy (non-hydrogen) atoms. The Bertz CT molecular complexity index is 453. The first-order valence-corrected chi connectivity index (χ1v) is 5.09. The molecule has 1 heterocycles. The van der Waals surface area contributed by atoms with Crippen molar-refractivity contribution in [3.05, 3.63) is 41.1 Å². The largest absolute Gasteiger partial charge is 0.361 e. The van der Waals surface area contributed by atoms with Gasteiger partial charge in [0.15, 0.2) is 0 Å². The number of hydrogen-bond acceptors (Lipinski definition) is 3. The summed E-state index contributed by atoms with van der Waals surface area (Å²) in [6.07, 6.45) is 0.702. The van der Waals surface area contributed by atoms with Gasteiger partial charge < -0.3 is 10.3 Å². The fourth-order valence-electron chi connectivity index (χ4n) is 1.36. The molecule has 0 saturated heterocycles. The van der Waals surface area contributed by atoms with Gasteiger partial charge in [-0.15, -0.1) is 0 Å². The molecule has 0 unspecified atom stereocenters. The first-order chi connectivity index (χ1) is 7.29. The summed E-state index contributed by atoms with van der Waals surface area (Å²) in [7, 11) is 0. The number of rotatable bonds is 3. The molecule has 0 aliphatic carbocycles. The van der Waals surface area contributed by atoms with Crippen LogP contribution in [0.3, 0.4) is 0 Å². The number of nitrogens with two attached hydrogens (primary N) is 1. The highest BCUT2D eigenvalue weighted by atomic mass is 35.5. The van der Waals surface area contributed by atoms with E-state index in [1.165, 1.54) is 0 Å². The number of aromatic nitrogens is 1. The van der Waals surface area contributed by atoms with Crippen molar-refractivity contribution in [3.63, 3.8) is 0 Å². The molecule has 1 aromatic carbocycles. The zero-order valence-electron chi connectivity index (χ0n) is 8.11. The quantitative estimate of drug-likeness (QED) is 0.868. The minimum Gasteiger partial charge on any atom is -0.361 e. The second-order valence-electron chi connectivity index (χ2n) is 3.23. The molecule has 0 spiro atoms. The molecule has 0 bridgehead atoms. The van der Waals surface area contributed by atoms with Crippen LogP contribution in [0.5, 0.6) is 0 Å². The molecule has 3 nitrogen and oxygen atoms in total. The van der Waals surface area contributed by atoms with E-state index in [1.807, 2.05) is 30.3 Å². The summed E-state index contributed by atoms with van der Waals surface area (Å²) in [5, 5.41) is 4.65. The zero-order chi connectivity index (χ0) is 10.7. The normalized spacial score (nSPS) is 10.5. The third kappa shape index (κ3) is 2.37. The van der Waals surface area contributed by atoms with Crippen molar-refractivity contribution in [2.75, 3.05) is 6.54 Å². The lowest BCUT2D eigenvalue weighted by atomic mass is 10.1. The SMILES string of the molecule is NCCc1cc(-c2cccc(Cl)c2)no1. The van der Waals surface area contributed by atoms with Gasteiger partial charge in [0, 0.05) is 23.1 Å². The standard InChI is InChI=1S/C11H11ClN2O/c12-9-3-1-2-8(6-9)11-7-10(4-5-13)15-14-11/h1-3,6-7H,4-5,13H2. The Morgan fingerprint density at radius 3 is 2.93 bits per heavy atom. The minimum atomic E-state index is 0.560. The minimum absolute atomic E-state index is 0.560. The number of benzene rings is 1. The lowest BCUT2D eigenvalue weighted by molar-refractivity contribution is 0.386. The Morgan fingerprint density at radius 2 is 2.20 bits per heavy atom. The van der Waals surface area contributed by atoms with Crippen LogP contribution in [0.2, 0.25) is 5.02 Å². The van der Waals surface area contributed by atoms with Crippen molar-refractivity contribution >= 4 is 11.6 Å². The van der Waals surface area contributed by atoms with Crippen molar-refractivity contribution in [2.45, 2.75) is 6.42 Å². The van der Waals surface area contributed by atoms with E-state index in [4.69, 9.17) is 21.9 Å². The van der Waals surface area contributed by atoms with Gasteiger partial charge in [-0.1, -0.05) is 28.9 Å². The van der Waals surface area contributed by atoms with Crippen LogP contribution >= 0.6 is 11.6 Å². The molecule has 0 radical (unpaired) electrons. The van der Waals surface area contributed by atoms with Gasteiger partial charge in [0.05, 0.1) is 0 Å². The summed E-state index contributed by atoms with van der Waals surface area (Å²) >= 11 is 5.88. The van der Waals surface area contributed by atoms with Gasteiger partial charge in [-0.05, 0) is 18.7 Å². The molecule has 0 aliphatic heterocycles. The van der Waals surface area contributed by atoms with Crippen LogP contribution < -0.4 is 5.73 Å². The van der Waals surface area contributed by atoms with Gasteiger partial charge in [0.1, 0.15) is 11.5 Å². The number of hydrogen-bond donors (Lipinski definition) is 1. The molecule has 2 rings (SSSR count). The molecule has 0 fully saturated rings. The van der Waals surface area contributed by atoms with Crippen LogP contribution in [-0.4, -0.2) is 11.7 Å².